The lowest BCUT2D eigenvalue weighted by atomic mass is 9.89. The molecule has 4 rings (SSSR count). The van der Waals surface area contributed by atoms with Crippen molar-refractivity contribution in [2.45, 2.75) is 68.3 Å². The number of rotatable bonds is 5. The van der Waals surface area contributed by atoms with E-state index in [9.17, 15) is 13.2 Å². The molecule has 2 atom stereocenters. The molecular formula is C20H30ClN3O3S. The van der Waals surface area contributed by atoms with Crippen LogP contribution in [0.4, 0.5) is 5.69 Å². The van der Waals surface area contributed by atoms with Crippen molar-refractivity contribution in [3.05, 3.63) is 24.3 Å². The van der Waals surface area contributed by atoms with Crippen LogP contribution in [0.2, 0.25) is 0 Å². The summed E-state index contributed by atoms with van der Waals surface area (Å²) in [6.45, 7) is 1.16. The maximum Gasteiger partial charge on any atom is 0.243 e. The maximum absolute atomic E-state index is 12.8. The van der Waals surface area contributed by atoms with E-state index in [0.717, 1.165) is 32.1 Å². The largest absolute Gasteiger partial charge is 0.326 e. The number of benzene rings is 1. The number of nitrogens with zero attached hydrogens (tertiary/aromatic N) is 1. The molecule has 3 fully saturated rings. The summed E-state index contributed by atoms with van der Waals surface area (Å²) in [4.78, 5) is 12.8. The molecule has 156 valence electrons. The fraction of sp³-hybridized carbons (Fsp3) is 0.650. The van der Waals surface area contributed by atoms with E-state index in [1.54, 1.807) is 28.6 Å². The number of carbonyl (C=O) groups excluding carboxylic acids is 1. The number of anilines is 1. The Hall–Kier alpha value is -1.15. The first-order chi connectivity index (χ1) is 13.0. The molecule has 2 bridgehead atoms. The Bertz CT molecular complexity index is 784. The van der Waals surface area contributed by atoms with Crippen LogP contribution in [-0.2, 0) is 14.8 Å². The summed E-state index contributed by atoms with van der Waals surface area (Å²) in [6.07, 6.45) is 7.99. The number of hydrogen-bond acceptors (Lipinski definition) is 4. The smallest absolute Gasteiger partial charge is 0.243 e. The summed E-state index contributed by atoms with van der Waals surface area (Å²) in [5.74, 6) is 0.401. The molecule has 3 heterocycles. The van der Waals surface area contributed by atoms with Crippen LogP contribution in [0.1, 0.15) is 51.4 Å². The van der Waals surface area contributed by atoms with E-state index in [0.29, 0.717) is 43.2 Å². The van der Waals surface area contributed by atoms with Gasteiger partial charge in [-0.15, -0.1) is 12.4 Å². The van der Waals surface area contributed by atoms with Crippen molar-refractivity contribution < 1.29 is 13.2 Å². The van der Waals surface area contributed by atoms with Crippen molar-refractivity contribution in [1.82, 2.24) is 9.62 Å². The number of nitrogens with one attached hydrogen (secondary N) is 2. The number of amides is 1. The van der Waals surface area contributed by atoms with Crippen LogP contribution in [-0.4, -0.2) is 43.8 Å². The first-order valence-electron chi connectivity index (χ1n) is 10.2. The van der Waals surface area contributed by atoms with Gasteiger partial charge in [-0.2, -0.15) is 4.31 Å². The minimum absolute atomic E-state index is 0. The number of carbonyl (C=O) groups is 1. The summed E-state index contributed by atoms with van der Waals surface area (Å²) >= 11 is 0. The van der Waals surface area contributed by atoms with Crippen molar-refractivity contribution >= 4 is 34.0 Å². The first-order valence-corrected chi connectivity index (χ1v) is 11.6. The lowest BCUT2D eigenvalue weighted by Gasteiger charge is -2.28. The van der Waals surface area contributed by atoms with Crippen molar-refractivity contribution in [3.63, 3.8) is 0 Å². The van der Waals surface area contributed by atoms with Crippen LogP contribution < -0.4 is 10.6 Å². The molecule has 2 N–H and O–H groups in total. The van der Waals surface area contributed by atoms with Crippen LogP contribution in [0.3, 0.4) is 0 Å². The predicted octanol–water partition coefficient (Wildman–Crippen LogP) is 3.14. The van der Waals surface area contributed by atoms with E-state index < -0.39 is 10.0 Å². The Morgan fingerprint density at radius 3 is 2.46 bits per heavy atom. The van der Waals surface area contributed by atoms with Gasteiger partial charge in [0.2, 0.25) is 15.9 Å². The molecule has 28 heavy (non-hydrogen) atoms. The van der Waals surface area contributed by atoms with Gasteiger partial charge in [-0.1, -0.05) is 12.5 Å². The summed E-state index contributed by atoms with van der Waals surface area (Å²) in [5, 5.41) is 6.51. The SMILES string of the molecule is Cl.O=C(CC1CC2CCC(C1)N2)Nc1cccc(S(=O)(=O)N2CCCCC2)c1. The number of fused-ring (bicyclic) bond motifs is 2. The minimum Gasteiger partial charge on any atom is -0.326 e. The summed E-state index contributed by atoms with van der Waals surface area (Å²) in [7, 11) is -3.48. The molecule has 6 nitrogen and oxygen atoms in total. The summed E-state index contributed by atoms with van der Waals surface area (Å²) in [5.41, 5.74) is 0.565. The lowest BCUT2D eigenvalue weighted by molar-refractivity contribution is -0.117. The van der Waals surface area contributed by atoms with Crippen LogP contribution >= 0.6 is 12.4 Å². The number of hydrogen-bond donors (Lipinski definition) is 2. The van der Waals surface area contributed by atoms with Crippen molar-refractivity contribution in [3.8, 4) is 0 Å². The quantitative estimate of drug-likeness (QED) is 0.756. The third-order valence-electron chi connectivity index (χ3n) is 6.12. The Morgan fingerprint density at radius 1 is 1.11 bits per heavy atom. The molecule has 3 aliphatic heterocycles. The Balaban J connectivity index is 0.00000225. The van der Waals surface area contributed by atoms with Gasteiger partial charge in [0.15, 0.2) is 0 Å². The standard InChI is InChI=1S/C20H29N3O3S.ClH/c24-20(13-15-11-17-7-8-18(12-15)21-17)22-16-5-4-6-19(14-16)27(25,26)23-9-2-1-3-10-23;/h4-6,14-15,17-18,21H,1-3,7-13H2,(H,22,24);1H. The van der Waals surface area contributed by atoms with Gasteiger partial charge in [-0.05, 0) is 62.6 Å². The van der Waals surface area contributed by atoms with E-state index in [1.165, 1.54) is 12.8 Å². The molecule has 2 unspecified atom stereocenters. The van der Waals surface area contributed by atoms with Crippen LogP contribution in [0, 0.1) is 5.92 Å². The molecule has 0 aliphatic carbocycles. The third-order valence-corrected chi connectivity index (χ3v) is 8.01. The van der Waals surface area contributed by atoms with Gasteiger partial charge in [-0.25, -0.2) is 8.42 Å². The van der Waals surface area contributed by atoms with Gasteiger partial charge in [0.05, 0.1) is 4.90 Å². The first kappa shape index (κ1) is 21.6. The molecule has 0 saturated carbocycles. The Kier molecular flexibility index (Phi) is 7.02. The number of sulfonamides is 1. The minimum atomic E-state index is -3.48. The highest BCUT2D eigenvalue weighted by molar-refractivity contribution is 7.89. The highest BCUT2D eigenvalue weighted by atomic mass is 35.5. The number of piperidine rings is 2. The average molecular weight is 428 g/mol. The third kappa shape index (κ3) is 4.87. The van der Waals surface area contributed by atoms with Crippen molar-refractivity contribution in [2.75, 3.05) is 18.4 Å². The molecule has 0 radical (unpaired) electrons. The van der Waals surface area contributed by atoms with Gasteiger partial charge in [0.25, 0.3) is 0 Å². The highest BCUT2D eigenvalue weighted by Crippen LogP contribution is 2.33. The van der Waals surface area contributed by atoms with Crippen molar-refractivity contribution in [2.24, 2.45) is 5.92 Å². The van der Waals surface area contributed by atoms with E-state index in [4.69, 9.17) is 0 Å². The van der Waals surface area contributed by atoms with E-state index in [2.05, 4.69) is 10.6 Å². The van der Waals surface area contributed by atoms with Gasteiger partial charge in [0.1, 0.15) is 0 Å². The van der Waals surface area contributed by atoms with Crippen LogP contribution in [0.15, 0.2) is 29.2 Å². The molecule has 3 aliphatic rings. The predicted molar refractivity (Wildman–Crippen MR) is 112 cm³/mol. The second kappa shape index (κ2) is 9.11. The molecule has 1 aromatic carbocycles. The zero-order chi connectivity index (χ0) is 18.9. The fourth-order valence-electron chi connectivity index (χ4n) is 4.80. The normalized spacial score (nSPS) is 27.8. The van der Waals surface area contributed by atoms with Crippen LogP contribution in [0.5, 0.6) is 0 Å². The molecule has 1 aromatic rings. The zero-order valence-electron chi connectivity index (χ0n) is 16.1. The zero-order valence-corrected chi connectivity index (χ0v) is 17.7. The summed E-state index contributed by atoms with van der Waals surface area (Å²) in [6, 6.07) is 7.81. The maximum atomic E-state index is 12.8. The molecular weight excluding hydrogens is 398 g/mol. The lowest BCUT2D eigenvalue weighted by Crippen LogP contribution is -2.39. The second-order valence-electron chi connectivity index (χ2n) is 8.22. The van der Waals surface area contributed by atoms with E-state index >= 15 is 0 Å². The Labute approximate surface area is 173 Å². The van der Waals surface area contributed by atoms with E-state index in [1.807, 2.05) is 0 Å². The summed E-state index contributed by atoms with van der Waals surface area (Å²) < 4.78 is 27.2. The fourth-order valence-corrected chi connectivity index (χ4v) is 6.37. The molecule has 8 heteroatoms. The van der Waals surface area contributed by atoms with Gasteiger partial charge < -0.3 is 10.6 Å². The van der Waals surface area contributed by atoms with E-state index in [-0.39, 0.29) is 23.2 Å². The highest BCUT2D eigenvalue weighted by Gasteiger charge is 2.34. The van der Waals surface area contributed by atoms with Gasteiger partial charge in [0, 0.05) is 37.3 Å². The topological polar surface area (TPSA) is 78.5 Å². The molecule has 3 saturated heterocycles. The van der Waals surface area contributed by atoms with Gasteiger partial charge >= 0.3 is 0 Å². The molecule has 1 amide bonds. The molecule has 0 aromatic heterocycles. The van der Waals surface area contributed by atoms with Crippen LogP contribution in [0.25, 0.3) is 0 Å². The monoisotopic (exact) mass is 427 g/mol. The molecule has 0 spiro atoms. The number of halogens is 1. The van der Waals surface area contributed by atoms with Gasteiger partial charge in [-0.3, -0.25) is 4.79 Å². The second-order valence-corrected chi connectivity index (χ2v) is 10.2. The average Bonchev–Trinajstić information content (AvgIpc) is 3.01. The Morgan fingerprint density at radius 2 is 1.79 bits per heavy atom. The van der Waals surface area contributed by atoms with Crippen molar-refractivity contribution in [1.29, 1.82) is 0 Å².